The van der Waals surface area contributed by atoms with E-state index in [2.05, 4.69) is 55.4 Å². The third-order valence-electron chi connectivity index (χ3n) is 4.08. The normalized spacial score (nSPS) is 16.1. The Balaban J connectivity index is 0. The van der Waals surface area contributed by atoms with Gasteiger partial charge in [-0.15, -0.1) is 0 Å². The summed E-state index contributed by atoms with van der Waals surface area (Å²) in [4.78, 5) is 0. The van der Waals surface area contributed by atoms with Crippen molar-refractivity contribution >= 4 is 0 Å². The van der Waals surface area contributed by atoms with Gasteiger partial charge >= 0.3 is 6.18 Å². The topological polar surface area (TPSA) is 9.23 Å². The summed E-state index contributed by atoms with van der Waals surface area (Å²) in [6.07, 6.45) is -0.570. The van der Waals surface area contributed by atoms with E-state index < -0.39 is 18.0 Å². The SMILES string of the molecule is CC(C)(C)C1CC1.CC(C)(C)CC(F)(F)F.COCC(C)(C)CC(C)(C)C. The predicted molar refractivity (Wildman–Crippen MR) is 112 cm³/mol. The molecule has 0 spiro atoms. The molecule has 0 radical (unpaired) electrons. The number of halogens is 3. The molecule has 27 heavy (non-hydrogen) atoms. The van der Waals surface area contributed by atoms with Crippen LogP contribution in [0.3, 0.4) is 0 Å². The first-order valence-corrected chi connectivity index (χ1v) is 10.1. The standard InChI is InChI=1S/C10H22O.C7H14.C6H11F3/c1-9(2,3)7-10(4,5)8-11-6;1-7(2,3)6-4-5-6;1-5(2,3)4-6(7,8)9/h7-8H2,1-6H3;6H,4-5H2,1-3H3;4H2,1-3H3. The first-order chi connectivity index (χ1) is 11.6. The van der Waals surface area contributed by atoms with E-state index in [4.69, 9.17) is 4.74 Å². The first-order valence-electron chi connectivity index (χ1n) is 10.1. The Kier molecular flexibility index (Phi) is 11.3. The van der Waals surface area contributed by atoms with Crippen molar-refractivity contribution < 1.29 is 17.9 Å². The summed E-state index contributed by atoms with van der Waals surface area (Å²) in [5, 5.41) is 0. The lowest BCUT2D eigenvalue weighted by atomic mass is 9.77. The van der Waals surface area contributed by atoms with Crippen LogP contribution in [0.15, 0.2) is 0 Å². The Morgan fingerprint density at radius 2 is 1.07 bits per heavy atom. The number of hydrogen-bond donors (Lipinski definition) is 0. The van der Waals surface area contributed by atoms with E-state index >= 15 is 0 Å². The van der Waals surface area contributed by atoms with Crippen molar-refractivity contribution in [1.29, 1.82) is 0 Å². The summed E-state index contributed by atoms with van der Waals surface area (Å²) in [6, 6.07) is 0. The van der Waals surface area contributed by atoms with Gasteiger partial charge in [-0.05, 0) is 46.8 Å². The molecule has 0 aromatic heterocycles. The van der Waals surface area contributed by atoms with Crippen molar-refractivity contribution in [2.24, 2.45) is 27.6 Å². The summed E-state index contributed by atoms with van der Waals surface area (Å²) in [7, 11) is 1.77. The summed E-state index contributed by atoms with van der Waals surface area (Å²) in [6.45, 7) is 23.8. The van der Waals surface area contributed by atoms with Crippen LogP contribution >= 0.6 is 0 Å². The predicted octanol–water partition coefficient (Wildman–Crippen LogP) is 8.52. The first kappa shape index (κ1) is 29.0. The monoisotopic (exact) mass is 396 g/mol. The quantitative estimate of drug-likeness (QED) is 0.464. The third-order valence-corrected chi connectivity index (χ3v) is 4.08. The van der Waals surface area contributed by atoms with E-state index in [0.717, 1.165) is 12.5 Å². The molecule has 1 nitrogen and oxygen atoms in total. The van der Waals surface area contributed by atoms with Crippen molar-refractivity contribution in [3.05, 3.63) is 0 Å². The summed E-state index contributed by atoms with van der Waals surface area (Å²) in [5.41, 5.74) is 0.688. The van der Waals surface area contributed by atoms with Gasteiger partial charge in [0, 0.05) is 13.5 Å². The van der Waals surface area contributed by atoms with E-state index in [9.17, 15) is 13.2 Å². The summed E-state index contributed by atoms with van der Waals surface area (Å²) >= 11 is 0. The van der Waals surface area contributed by atoms with E-state index in [1.807, 2.05) is 0 Å². The Hall–Kier alpha value is -0.250. The second-order valence-electron chi connectivity index (χ2n) is 12.3. The minimum absolute atomic E-state index is 0.312. The average molecular weight is 397 g/mol. The molecule has 1 aliphatic carbocycles. The van der Waals surface area contributed by atoms with Gasteiger partial charge in [-0.2, -0.15) is 13.2 Å². The highest BCUT2D eigenvalue weighted by Gasteiger charge is 2.34. The number of rotatable bonds is 3. The molecule has 0 aliphatic heterocycles. The fourth-order valence-corrected chi connectivity index (χ4v) is 3.43. The van der Waals surface area contributed by atoms with Crippen molar-refractivity contribution in [1.82, 2.24) is 0 Å². The molecule has 0 saturated heterocycles. The number of methoxy groups -OCH3 is 1. The molecule has 1 rings (SSSR count). The van der Waals surface area contributed by atoms with Crippen molar-refractivity contribution in [2.75, 3.05) is 13.7 Å². The molecule has 166 valence electrons. The molecule has 0 amide bonds. The molecule has 0 heterocycles. The summed E-state index contributed by atoms with van der Waals surface area (Å²) < 4.78 is 39.8. The Bertz CT molecular complexity index is 374. The van der Waals surface area contributed by atoms with Crippen LogP contribution in [-0.2, 0) is 4.74 Å². The molecule has 0 aromatic rings. The maximum Gasteiger partial charge on any atom is 0.389 e. The van der Waals surface area contributed by atoms with Crippen LogP contribution in [0.25, 0.3) is 0 Å². The van der Waals surface area contributed by atoms with Gasteiger partial charge in [-0.3, -0.25) is 0 Å². The molecule has 1 fully saturated rings. The zero-order valence-corrected chi connectivity index (χ0v) is 20.2. The van der Waals surface area contributed by atoms with E-state index in [1.54, 1.807) is 27.9 Å². The minimum Gasteiger partial charge on any atom is -0.384 e. The third kappa shape index (κ3) is 23.7. The van der Waals surface area contributed by atoms with Crippen LogP contribution in [-0.4, -0.2) is 19.9 Å². The molecule has 0 atom stereocenters. The highest BCUT2D eigenvalue weighted by Crippen LogP contribution is 2.44. The molecule has 0 N–H and O–H groups in total. The van der Waals surface area contributed by atoms with E-state index in [0.29, 0.717) is 16.2 Å². The highest BCUT2D eigenvalue weighted by molar-refractivity contribution is 4.84. The average Bonchev–Trinajstić information content (AvgIpc) is 3.02. The zero-order valence-electron chi connectivity index (χ0n) is 20.2. The molecular formula is C23H47F3O. The van der Waals surface area contributed by atoms with Crippen molar-refractivity contribution in [3.8, 4) is 0 Å². The van der Waals surface area contributed by atoms with Gasteiger partial charge in [0.15, 0.2) is 0 Å². The van der Waals surface area contributed by atoms with Gasteiger partial charge in [0.1, 0.15) is 0 Å². The van der Waals surface area contributed by atoms with Crippen molar-refractivity contribution in [3.63, 3.8) is 0 Å². The molecule has 4 heteroatoms. The molecule has 0 aromatic carbocycles. The number of hydrogen-bond acceptors (Lipinski definition) is 1. The van der Waals surface area contributed by atoms with Crippen molar-refractivity contribution in [2.45, 2.75) is 108 Å². The zero-order chi connectivity index (χ0) is 22.3. The van der Waals surface area contributed by atoms with Gasteiger partial charge in [0.2, 0.25) is 0 Å². The molecule has 1 aliphatic rings. The molecule has 1 saturated carbocycles. The van der Waals surface area contributed by atoms with Crippen LogP contribution < -0.4 is 0 Å². The van der Waals surface area contributed by atoms with Crippen LogP contribution in [0.5, 0.6) is 0 Å². The van der Waals surface area contributed by atoms with Gasteiger partial charge in [0.25, 0.3) is 0 Å². The van der Waals surface area contributed by atoms with Crippen LogP contribution in [0, 0.1) is 27.6 Å². The fourth-order valence-electron chi connectivity index (χ4n) is 3.43. The second kappa shape index (κ2) is 10.5. The lowest BCUT2D eigenvalue weighted by Gasteiger charge is -2.31. The fraction of sp³-hybridized carbons (Fsp3) is 1.00. The summed E-state index contributed by atoms with van der Waals surface area (Å²) in [5.74, 6) is 1.05. The highest BCUT2D eigenvalue weighted by atomic mass is 19.4. The van der Waals surface area contributed by atoms with Crippen LogP contribution in [0.4, 0.5) is 13.2 Å². The largest absolute Gasteiger partial charge is 0.389 e. The van der Waals surface area contributed by atoms with Gasteiger partial charge < -0.3 is 4.74 Å². The van der Waals surface area contributed by atoms with Gasteiger partial charge in [-0.25, -0.2) is 0 Å². The maximum atomic E-state index is 11.6. The lowest BCUT2D eigenvalue weighted by Crippen LogP contribution is -2.25. The Morgan fingerprint density at radius 3 is 1.19 bits per heavy atom. The number of ether oxygens (including phenoxy) is 1. The van der Waals surface area contributed by atoms with Crippen LogP contribution in [0.2, 0.25) is 0 Å². The second-order valence-corrected chi connectivity index (χ2v) is 12.3. The number of alkyl halides is 3. The smallest absolute Gasteiger partial charge is 0.384 e. The van der Waals surface area contributed by atoms with E-state index in [1.165, 1.54) is 19.3 Å². The molecule has 0 unspecified atom stereocenters. The van der Waals surface area contributed by atoms with Gasteiger partial charge in [-0.1, -0.05) is 76.2 Å². The minimum atomic E-state index is -4.02. The molecular weight excluding hydrogens is 349 g/mol. The molecule has 0 bridgehead atoms. The maximum absolute atomic E-state index is 11.6. The van der Waals surface area contributed by atoms with E-state index in [-0.39, 0.29) is 0 Å². The Morgan fingerprint density at radius 1 is 0.704 bits per heavy atom. The Labute approximate surface area is 167 Å². The van der Waals surface area contributed by atoms with Crippen LogP contribution in [0.1, 0.15) is 102 Å². The van der Waals surface area contributed by atoms with Gasteiger partial charge in [0.05, 0.1) is 6.61 Å². The lowest BCUT2D eigenvalue weighted by molar-refractivity contribution is -0.152.